The number of halogens is 2. The van der Waals surface area contributed by atoms with Gasteiger partial charge in [-0.25, -0.2) is 13.8 Å². The number of aliphatic imine (C=N–C) groups is 1. The molecule has 154 valence electrons. The molecule has 2 aromatic carbocycles. The third kappa shape index (κ3) is 3.54. The number of rotatable bonds is 4. The molecule has 0 radical (unpaired) electrons. The van der Waals surface area contributed by atoms with Crippen LogP contribution in [0.25, 0.3) is 0 Å². The van der Waals surface area contributed by atoms with E-state index in [0.29, 0.717) is 29.9 Å². The second kappa shape index (κ2) is 7.87. The van der Waals surface area contributed by atoms with Crippen molar-refractivity contribution < 1.29 is 18.6 Å². The standard InChI is InChI=1S/C21H19ClFN5O2/c1-26-18-17(19(29)27(2)21(26)30)28(12-13-7-9-15(23)10-8-13)20(25-18)24-11-14-5-3-4-6-16(14)22/h3-10,17H,11-12H2,1-2H3/p+1. The first kappa shape index (κ1) is 20.0. The molecule has 0 bridgehead atoms. The van der Waals surface area contributed by atoms with Gasteiger partial charge in [-0.1, -0.05) is 46.9 Å². The number of fused-ring (bicyclic) bond motifs is 1. The van der Waals surface area contributed by atoms with Crippen molar-refractivity contribution in [1.82, 2.24) is 15.1 Å². The summed E-state index contributed by atoms with van der Waals surface area (Å²) in [7, 11) is 3.04. The van der Waals surface area contributed by atoms with Crippen LogP contribution in [0.3, 0.4) is 0 Å². The van der Waals surface area contributed by atoms with E-state index in [4.69, 9.17) is 11.6 Å². The number of guanidine groups is 1. The van der Waals surface area contributed by atoms with Crippen molar-refractivity contribution in [3.8, 4) is 0 Å². The van der Waals surface area contributed by atoms with Crippen molar-refractivity contribution >= 4 is 35.3 Å². The molecule has 2 aliphatic heterocycles. The molecule has 4 rings (SSSR count). The number of amides is 3. The Morgan fingerprint density at radius 1 is 1.10 bits per heavy atom. The van der Waals surface area contributed by atoms with Gasteiger partial charge in [0.2, 0.25) is 11.9 Å². The molecule has 0 saturated carbocycles. The lowest BCUT2D eigenvalue weighted by Crippen LogP contribution is -2.61. The number of imide groups is 1. The topological polar surface area (TPSA) is 68.0 Å². The predicted molar refractivity (Wildman–Crippen MR) is 111 cm³/mol. The van der Waals surface area contributed by atoms with Crippen LogP contribution in [0.1, 0.15) is 11.1 Å². The van der Waals surface area contributed by atoms with Crippen molar-refractivity contribution in [1.29, 1.82) is 0 Å². The number of carbonyl (C=O) groups excluding carboxylic acids is 2. The zero-order valence-electron chi connectivity index (χ0n) is 16.5. The van der Waals surface area contributed by atoms with Crippen molar-refractivity contribution in [2.24, 2.45) is 4.99 Å². The molecular formula is C21H20ClFN5O2+. The monoisotopic (exact) mass is 428 g/mol. The minimum atomic E-state index is -0.753. The zero-order valence-corrected chi connectivity index (χ0v) is 17.2. The quantitative estimate of drug-likeness (QED) is 0.760. The zero-order chi connectivity index (χ0) is 21.4. The smallest absolute Gasteiger partial charge is 0.270 e. The molecular weight excluding hydrogens is 409 g/mol. The van der Waals surface area contributed by atoms with Gasteiger partial charge in [-0.15, -0.1) is 0 Å². The van der Waals surface area contributed by atoms with E-state index < -0.39 is 12.1 Å². The molecule has 1 unspecified atom stereocenters. The lowest BCUT2D eigenvalue weighted by Gasteiger charge is -2.31. The second-order valence-corrected chi connectivity index (χ2v) is 7.54. The molecule has 0 spiro atoms. The predicted octanol–water partition coefficient (Wildman–Crippen LogP) is 2.44. The van der Waals surface area contributed by atoms with E-state index in [1.54, 1.807) is 29.8 Å². The fourth-order valence-electron chi connectivity index (χ4n) is 3.51. The van der Waals surface area contributed by atoms with Crippen molar-refractivity contribution in [3.05, 3.63) is 70.5 Å². The first-order valence-corrected chi connectivity index (χ1v) is 9.74. The van der Waals surface area contributed by atoms with Gasteiger partial charge in [-0.05, 0) is 23.8 Å². The van der Waals surface area contributed by atoms with Crippen LogP contribution in [0.15, 0.2) is 53.5 Å². The van der Waals surface area contributed by atoms with Gasteiger partial charge in [0.25, 0.3) is 5.91 Å². The van der Waals surface area contributed by atoms with E-state index in [1.807, 2.05) is 18.2 Å². The highest BCUT2D eigenvalue weighted by atomic mass is 35.5. The number of amidine groups is 1. The summed E-state index contributed by atoms with van der Waals surface area (Å²) in [6.07, 6.45) is 0. The molecule has 1 fully saturated rings. The largest absolute Gasteiger partial charge is 0.390 e. The second-order valence-electron chi connectivity index (χ2n) is 7.13. The van der Waals surface area contributed by atoms with E-state index in [1.165, 1.54) is 24.1 Å². The Bertz CT molecular complexity index is 1080. The minimum Gasteiger partial charge on any atom is -0.270 e. The van der Waals surface area contributed by atoms with Crippen molar-refractivity contribution in [2.75, 3.05) is 14.1 Å². The van der Waals surface area contributed by atoms with Crippen molar-refractivity contribution in [2.45, 2.75) is 19.1 Å². The van der Waals surface area contributed by atoms with Crippen LogP contribution in [-0.4, -0.2) is 58.2 Å². The maximum absolute atomic E-state index is 13.3. The third-order valence-corrected chi connectivity index (χ3v) is 5.56. The highest BCUT2D eigenvalue weighted by molar-refractivity contribution is 6.31. The summed E-state index contributed by atoms with van der Waals surface area (Å²) in [5.41, 5.74) is 1.68. The maximum atomic E-state index is 13.3. The number of hydrogen-bond donors (Lipinski definition) is 1. The highest BCUT2D eigenvalue weighted by Crippen LogP contribution is 2.21. The molecule has 1 N–H and O–H groups in total. The minimum absolute atomic E-state index is 0.310. The normalized spacial score (nSPS) is 18.7. The summed E-state index contributed by atoms with van der Waals surface area (Å²) < 4.78 is 15.1. The summed E-state index contributed by atoms with van der Waals surface area (Å²) in [5, 5.41) is 3.85. The summed E-state index contributed by atoms with van der Waals surface area (Å²) in [6, 6.07) is 12.3. The van der Waals surface area contributed by atoms with Gasteiger partial charge < -0.3 is 0 Å². The van der Waals surface area contributed by atoms with Gasteiger partial charge in [0.1, 0.15) is 5.82 Å². The molecule has 0 aliphatic carbocycles. The number of hydrogen-bond acceptors (Lipinski definition) is 4. The Morgan fingerprint density at radius 3 is 2.50 bits per heavy atom. The molecule has 7 nitrogen and oxygen atoms in total. The Balaban J connectivity index is 1.70. The molecule has 1 atom stereocenters. The van der Waals surface area contributed by atoms with Crippen LogP contribution in [-0.2, 0) is 17.9 Å². The van der Waals surface area contributed by atoms with Gasteiger partial charge in [-0.2, -0.15) is 0 Å². The van der Waals surface area contributed by atoms with E-state index >= 15 is 0 Å². The fraction of sp³-hybridized carbons (Fsp3) is 0.238. The highest BCUT2D eigenvalue weighted by Gasteiger charge is 2.51. The van der Waals surface area contributed by atoms with Gasteiger partial charge in [-0.3, -0.25) is 19.9 Å². The lowest BCUT2D eigenvalue weighted by atomic mass is 10.1. The van der Waals surface area contributed by atoms with Gasteiger partial charge in [0.15, 0.2) is 0 Å². The molecule has 3 amide bonds. The van der Waals surface area contributed by atoms with Gasteiger partial charge in [0.05, 0.1) is 13.1 Å². The summed E-state index contributed by atoms with van der Waals surface area (Å²) >= 11 is 6.25. The number of benzene rings is 2. The number of urea groups is 1. The van der Waals surface area contributed by atoms with Crippen molar-refractivity contribution in [3.63, 3.8) is 0 Å². The Hall–Kier alpha value is -3.26. The summed E-state index contributed by atoms with van der Waals surface area (Å²) in [5.74, 6) is 0.0971. The molecule has 9 heteroatoms. The number of likely N-dealkylation sites (N-methyl/N-ethyl adjacent to an activating group) is 2. The van der Waals surface area contributed by atoms with Crippen LogP contribution in [0.4, 0.5) is 9.18 Å². The van der Waals surface area contributed by atoms with E-state index in [2.05, 4.69) is 10.3 Å². The van der Waals surface area contributed by atoms with Crippen LogP contribution in [0.5, 0.6) is 0 Å². The lowest BCUT2D eigenvalue weighted by molar-refractivity contribution is -0.553. The molecule has 1 saturated heterocycles. The van der Waals surface area contributed by atoms with E-state index in [-0.39, 0.29) is 11.7 Å². The molecule has 2 aromatic rings. The Kier molecular flexibility index (Phi) is 5.26. The molecule has 2 aliphatic rings. The first-order chi connectivity index (χ1) is 14.4. The Labute approximate surface area is 178 Å². The number of carbonyl (C=O) groups is 2. The average molecular weight is 429 g/mol. The summed E-state index contributed by atoms with van der Waals surface area (Å²) in [4.78, 5) is 32.3. The van der Waals surface area contributed by atoms with Crippen LogP contribution in [0.2, 0.25) is 5.02 Å². The van der Waals surface area contributed by atoms with Crippen LogP contribution in [0, 0.1) is 5.82 Å². The molecule has 0 aromatic heterocycles. The Morgan fingerprint density at radius 2 is 1.80 bits per heavy atom. The molecule has 2 heterocycles. The average Bonchev–Trinajstić information content (AvgIpc) is 3.10. The van der Waals surface area contributed by atoms with E-state index in [0.717, 1.165) is 16.0 Å². The first-order valence-electron chi connectivity index (χ1n) is 9.36. The summed E-state index contributed by atoms with van der Waals surface area (Å²) in [6.45, 7) is 0.699. The van der Waals surface area contributed by atoms with Crippen LogP contribution >= 0.6 is 11.6 Å². The maximum Gasteiger partial charge on any atom is 0.390 e. The van der Waals surface area contributed by atoms with Gasteiger partial charge in [0, 0.05) is 24.7 Å². The van der Waals surface area contributed by atoms with Crippen LogP contribution < -0.4 is 5.32 Å². The van der Waals surface area contributed by atoms with Gasteiger partial charge >= 0.3 is 12.0 Å². The number of nitrogens with zero attached hydrogens (tertiary/aromatic N) is 4. The SMILES string of the molecule is CN1C(=O)C2C(=NC(NCc3ccccc3Cl)=[N+]2Cc2ccc(F)cc2)N(C)C1=O. The fourth-order valence-corrected chi connectivity index (χ4v) is 3.71. The third-order valence-electron chi connectivity index (χ3n) is 5.19. The molecule has 30 heavy (non-hydrogen) atoms. The van der Waals surface area contributed by atoms with E-state index in [9.17, 15) is 14.0 Å². The number of nitrogens with one attached hydrogen (secondary N) is 1.